The van der Waals surface area contributed by atoms with Crippen LogP contribution in [0.1, 0.15) is 45.1 Å². The van der Waals surface area contributed by atoms with Crippen molar-refractivity contribution in [3.8, 4) is 0 Å². The van der Waals surface area contributed by atoms with Crippen LogP contribution >= 0.6 is 0 Å². The number of aromatic nitrogens is 1. The number of guanidine groups is 1. The van der Waals surface area contributed by atoms with Crippen molar-refractivity contribution in [3.63, 3.8) is 0 Å². The molecule has 0 aromatic carbocycles. The minimum absolute atomic E-state index is 0.244. The highest BCUT2D eigenvalue weighted by molar-refractivity contribution is 5.80. The molecular weight excluding hydrogens is 322 g/mol. The van der Waals surface area contributed by atoms with Crippen LogP contribution in [0, 0.1) is 0 Å². The van der Waals surface area contributed by atoms with Gasteiger partial charge in [-0.05, 0) is 19.8 Å². The summed E-state index contributed by atoms with van der Waals surface area (Å²) in [5.41, 5.74) is 0.943. The molecule has 140 valence electrons. The van der Waals surface area contributed by atoms with Crippen LogP contribution in [-0.4, -0.2) is 66.3 Å². The Labute approximate surface area is 149 Å². The lowest BCUT2D eigenvalue weighted by atomic mass is 10.1. The molecule has 2 heterocycles. The fourth-order valence-corrected chi connectivity index (χ4v) is 2.57. The van der Waals surface area contributed by atoms with Gasteiger partial charge in [0, 0.05) is 38.8 Å². The second kappa shape index (κ2) is 9.29. The van der Waals surface area contributed by atoms with Crippen LogP contribution in [0.25, 0.3) is 0 Å². The molecule has 1 aromatic rings. The first-order valence-electron chi connectivity index (χ1n) is 8.95. The van der Waals surface area contributed by atoms with Gasteiger partial charge in [0.15, 0.2) is 11.7 Å². The summed E-state index contributed by atoms with van der Waals surface area (Å²) in [6, 6.07) is 1.95. The van der Waals surface area contributed by atoms with Gasteiger partial charge in [0.05, 0.1) is 12.3 Å². The zero-order valence-corrected chi connectivity index (χ0v) is 15.6. The van der Waals surface area contributed by atoms with E-state index in [4.69, 9.17) is 9.26 Å². The molecule has 25 heavy (non-hydrogen) atoms. The highest BCUT2D eigenvalue weighted by Gasteiger charge is 2.23. The van der Waals surface area contributed by atoms with Crippen molar-refractivity contribution in [1.29, 1.82) is 0 Å². The summed E-state index contributed by atoms with van der Waals surface area (Å²) >= 11 is 0. The normalized spacial score (nSPS) is 15.6. The number of aliphatic imine (C=N–C) groups is 1. The molecule has 1 aromatic heterocycles. The lowest BCUT2D eigenvalue weighted by Crippen LogP contribution is -2.53. The van der Waals surface area contributed by atoms with Gasteiger partial charge in [-0.2, -0.15) is 0 Å². The van der Waals surface area contributed by atoms with Gasteiger partial charge < -0.3 is 24.4 Å². The van der Waals surface area contributed by atoms with Gasteiger partial charge >= 0.3 is 6.09 Å². The quantitative estimate of drug-likeness (QED) is 0.646. The zero-order valence-electron chi connectivity index (χ0n) is 15.6. The van der Waals surface area contributed by atoms with E-state index < -0.39 is 0 Å². The predicted octanol–water partition coefficient (Wildman–Crippen LogP) is 2.04. The van der Waals surface area contributed by atoms with Crippen LogP contribution in [0.4, 0.5) is 4.79 Å². The number of carbonyl (C=O) groups is 1. The minimum Gasteiger partial charge on any atom is -0.450 e. The Kier molecular flexibility index (Phi) is 7.09. The van der Waals surface area contributed by atoms with Crippen LogP contribution in [0.5, 0.6) is 0 Å². The fourth-order valence-electron chi connectivity index (χ4n) is 2.57. The van der Waals surface area contributed by atoms with Crippen molar-refractivity contribution in [2.24, 2.45) is 4.99 Å². The summed E-state index contributed by atoms with van der Waals surface area (Å²) in [4.78, 5) is 20.3. The number of nitrogens with zero attached hydrogens (tertiary/aromatic N) is 4. The molecule has 1 amide bonds. The van der Waals surface area contributed by atoms with Crippen molar-refractivity contribution in [2.45, 2.75) is 40.2 Å². The molecule has 0 aliphatic carbocycles. The number of amides is 1. The number of carbonyl (C=O) groups excluding carboxylic acids is 1. The Morgan fingerprint density at radius 3 is 2.56 bits per heavy atom. The second-order valence-corrected chi connectivity index (χ2v) is 6.22. The summed E-state index contributed by atoms with van der Waals surface area (Å²) in [7, 11) is 0. The van der Waals surface area contributed by atoms with Gasteiger partial charge in [0.1, 0.15) is 6.54 Å². The largest absolute Gasteiger partial charge is 0.450 e. The number of nitrogens with one attached hydrogen (secondary N) is 1. The third kappa shape index (κ3) is 5.37. The van der Waals surface area contributed by atoms with Gasteiger partial charge in [-0.3, -0.25) is 0 Å². The van der Waals surface area contributed by atoms with Crippen LogP contribution in [0.2, 0.25) is 0 Å². The summed E-state index contributed by atoms with van der Waals surface area (Å²) < 4.78 is 10.4. The minimum atomic E-state index is -0.244. The molecule has 1 aliphatic rings. The highest BCUT2D eigenvalue weighted by Crippen LogP contribution is 2.14. The van der Waals surface area contributed by atoms with E-state index in [0.29, 0.717) is 32.2 Å². The molecule has 8 nitrogen and oxygen atoms in total. The standard InChI is InChI=1S/C17H29N5O3/c1-5-18-16(19-12-14-11-15(13(3)4)20-25-14)21-7-9-22(10-8-21)17(23)24-6-2/h11,13H,5-10,12H2,1-4H3,(H,18,19). The summed E-state index contributed by atoms with van der Waals surface area (Å²) in [6.07, 6.45) is -0.244. The van der Waals surface area contributed by atoms with Crippen LogP contribution in [0.15, 0.2) is 15.6 Å². The molecule has 1 saturated heterocycles. The zero-order chi connectivity index (χ0) is 18.2. The van der Waals surface area contributed by atoms with Crippen LogP contribution in [-0.2, 0) is 11.3 Å². The molecule has 0 saturated carbocycles. The molecule has 1 N–H and O–H groups in total. The number of hydrogen-bond acceptors (Lipinski definition) is 5. The smallest absolute Gasteiger partial charge is 0.409 e. The maximum Gasteiger partial charge on any atom is 0.409 e. The average Bonchev–Trinajstić information content (AvgIpc) is 3.08. The van der Waals surface area contributed by atoms with Crippen molar-refractivity contribution in [3.05, 3.63) is 17.5 Å². The molecule has 0 unspecified atom stereocenters. The highest BCUT2D eigenvalue weighted by atomic mass is 16.6. The number of ether oxygens (including phenoxy) is 1. The van der Waals surface area contributed by atoms with E-state index in [0.717, 1.165) is 37.0 Å². The van der Waals surface area contributed by atoms with Gasteiger partial charge in [0.2, 0.25) is 0 Å². The second-order valence-electron chi connectivity index (χ2n) is 6.22. The first-order valence-corrected chi connectivity index (χ1v) is 8.95. The number of piperazine rings is 1. The van der Waals surface area contributed by atoms with Gasteiger partial charge in [-0.15, -0.1) is 0 Å². The lowest BCUT2D eigenvalue weighted by Gasteiger charge is -2.35. The molecule has 0 bridgehead atoms. The van der Waals surface area contributed by atoms with E-state index in [-0.39, 0.29) is 6.09 Å². The molecule has 0 radical (unpaired) electrons. The van der Waals surface area contributed by atoms with Crippen molar-refractivity contribution >= 4 is 12.1 Å². The SMILES string of the molecule is CCNC(=NCc1cc(C(C)C)no1)N1CCN(C(=O)OCC)CC1. The molecule has 1 aliphatic heterocycles. The van der Waals surface area contributed by atoms with Crippen LogP contribution in [0.3, 0.4) is 0 Å². The van der Waals surface area contributed by atoms with Gasteiger partial charge in [0.25, 0.3) is 0 Å². The Morgan fingerprint density at radius 2 is 2.00 bits per heavy atom. The average molecular weight is 351 g/mol. The van der Waals surface area contributed by atoms with E-state index in [1.807, 2.05) is 19.9 Å². The van der Waals surface area contributed by atoms with Gasteiger partial charge in [-0.1, -0.05) is 19.0 Å². The summed E-state index contributed by atoms with van der Waals surface area (Å²) in [6.45, 7) is 12.3. The molecule has 2 rings (SSSR count). The van der Waals surface area contributed by atoms with E-state index >= 15 is 0 Å². The van der Waals surface area contributed by atoms with Crippen molar-refractivity contribution in [1.82, 2.24) is 20.3 Å². The monoisotopic (exact) mass is 351 g/mol. The Hall–Kier alpha value is -2.25. The molecule has 0 atom stereocenters. The topological polar surface area (TPSA) is 83.2 Å². The fraction of sp³-hybridized carbons (Fsp3) is 0.706. The summed E-state index contributed by atoms with van der Waals surface area (Å²) in [5, 5.41) is 7.36. The first kappa shape index (κ1) is 19.1. The maximum atomic E-state index is 11.8. The Bertz CT molecular complexity index is 577. The van der Waals surface area contributed by atoms with E-state index in [1.54, 1.807) is 4.90 Å². The Morgan fingerprint density at radius 1 is 1.32 bits per heavy atom. The third-order valence-corrected chi connectivity index (χ3v) is 3.99. The lowest BCUT2D eigenvalue weighted by molar-refractivity contribution is 0.0914. The molecular formula is C17H29N5O3. The number of hydrogen-bond donors (Lipinski definition) is 1. The maximum absolute atomic E-state index is 11.8. The van der Waals surface area contributed by atoms with Crippen LogP contribution < -0.4 is 5.32 Å². The Balaban J connectivity index is 1.94. The predicted molar refractivity (Wildman–Crippen MR) is 95.6 cm³/mol. The van der Waals surface area contributed by atoms with Gasteiger partial charge in [-0.25, -0.2) is 9.79 Å². The van der Waals surface area contributed by atoms with E-state index in [9.17, 15) is 4.79 Å². The van der Waals surface area contributed by atoms with Crippen molar-refractivity contribution < 1.29 is 14.1 Å². The summed E-state index contributed by atoms with van der Waals surface area (Å²) in [5.74, 6) is 1.92. The first-order chi connectivity index (χ1) is 12.0. The third-order valence-electron chi connectivity index (χ3n) is 3.99. The number of rotatable bonds is 5. The molecule has 1 fully saturated rings. The van der Waals surface area contributed by atoms with Crippen molar-refractivity contribution in [2.75, 3.05) is 39.3 Å². The van der Waals surface area contributed by atoms with E-state index in [2.05, 4.69) is 34.2 Å². The molecule has 0 spiro atoms. The van der Waals surface area contributed by atoms with E-state index in [1.165, 1.54) is 0 Å². The molecule has 8 heteroatoms.